The van der Waals surface area contributed by atoms with Crippen molar-refractivity contribution in [2.45, 2.75) is 269 Å². The summed E-state index contributed by atoms with van der Waals surface area (Å²) in [6, 6.07) is -1.04. The Balaban J connectivity index is 2.82. The maximum Gasteiger partial charge on any atom is 0.306 e. The van der Waals surface area contributed by atoms with Crippen molar-refractivity contribution in [1.82, 2.24) is 5.32 Å². The molecule has 0 spiro atoms. The molecule has 0 aromatic heterocycles. The number of hydrogen-bond donors (Lipinski definition) is 6. The van der Waals surface area contributed by atoms with Crippen molar-refractivity contribution in [3.05, 3.63) is 48.6 Å². The highest BCUT2D eigenvalue weighted by Gasteiger charge is 2.47. The minimum Gasteiger partial charge on any atom is -0.454 e. The second kappa shape index (κ2) is 42.9. The molecule has 0 radical (unpaired) electrons. The molecule has 0 aromatic rings. The molecule has 65 heavy (non-hydrogen) atoms. The summed E-state index contributed by atoms with van der Waals surface area (Å²) in [5, 5.41) is 56.5. The molecule has 1 rings (SSSR count). The summed E-state index contributed by atoms with van der Waals surface area (Å²) in [6.45, 7) is 5.68. The molecule has 378 valence electrons. The summed E-state index contributed by atoms with van der Waals surface area (Å²) in [4.78, 5) is 26.3. The van der Waals surface area contributed by atoms with E-state index in [0.29, 0.717) is 12.8 Å². The third-order valence-corrected chi connectivity index (χ3v) is 12.2. The van der Waals surface area contributed by atoms with E-state index in [1.165, 1.54) is 122 Å². The molecular formula is C54H97NO10. The number of amides is 1. The van der Waals surface area contributed by atoms with Crippen LogP contribution in [0.3, 0.4) is 0 Å². The summed E-state index contributed by atoms with van der Waals surface area (Å²) >= 11 is 0. The van der Waals surface area contributed by atoms with Crippen LogP contribution >= 0.6 is 0 Å². The van der Waals surface area contributed by atoms with Crippen LogP contribution in [-0.2, 0) is 23.8 Å². The Kier molecular flexibility index (Phi) is 40.1. The number of carbonyl (C=O) groups excluding carboxylic acids is 2. The highest BCUT2D eigenvalue weighted by atomic mass is 16.7. The van der Waals surface area contributed by atoms with E-state index in [1.807, 2.05) is 18.2 Å². The number of nitrogens with one attached hydrogen (secondary N) is 1. The van der Waals surface area contributed by atoms with E-state index in [1.54, 1.807) is 6.08 Å². The van der Waals surface area contributed by atoms with Gasteiger partial charge in [-0.3, -0.25) is 9.59 Å². The Labute approximate surface area is 396 Å². The van der Waals surface area contributed by atoms with E-state index in [4.69, 9.17) is 14.2 Å². The van der Waals surface area contributed by atoms with Crippen molar-refractivity contribution >= 4 is 11.9 Å². The normalized spacial score (nSPS) is 20.6. The van der Waals surface area contributed by atoms with Crippen LogP contribution in [0.5, 0.6) is 0 Å². The molecular weight excluding hydrogens is 823 g/mol. The van der Waals surface area contributed by atoms with Crippen molar-refractivity contribution in [2.75, 3.05) is 13.2 Å². The van der Waals surface area contributed by atoms with Gasteiger partial charge in [-0.25, -0.2) is 0 Å². The van der Waals surface area contributed by atoms with E-state index >= 15 is 0 Å². The van der Waals surface area contributed by atoms with Gasteiger partial charge in [0.05, 0.1) is 25.4 Å². The standard InChI is InChI=1S/C54H97NO10/c1-4-7-10-13-16-19-22-24-27-30-33-36-39-42-49(59)65-52-51(61)50(60)48(43-56)64-54(52)63-44-45(46(57)40-37-34-31-28-25-21-18-15-12-9-6-3)55-53(62)47(58)41-38-35-32-29-26-23-20-17-14-11-8-5-2/h24,26-27,29,33,36-37,40,45-48,50-52,54,56-58,60-61H,4-23,25,28,30-32,34-35,38-39,41-44H2,1-3H3,(H,55,62)/b27-24-,29-26-,36-33+,40-37+. The fourth-order valence-corrected chi connectivity index (χ4v) is 7.93. The molecule has 0 aromatic carbocycles. The zero-order chi connectivity index (χ0) is 47.6. The van der Waals surface area contributed by atoms with Crippen LogP contribution in [0.4, 0.5) is 0 Å². The molecule has 1 amide bonds. The summed E-state index contributed by atoms with van der Waals surface area (Å²) in [7, 11) is 0. The molecule has 6 N–H and O–H groups in total. The first-order valence-electron chi connectivity index (χ1n) is 26.4. The molecule has 1 fully saturated rings. The minimum atomic E-state index is -1.64. The molecule has 11 nitrogen and oxygen atoms in total. The Morgan fingerprint density at radius 3 is 1.58 bits per heavy atom. The van der Waals surface area contributed by atoms with Crippen LogP contribution in [0.15, 0.2) is 48.6 Å². The predicted molar refractivity (Wildman–Crippen MR) is 264 cm³/mol. The number of carbonyl (C=O) groups is 2. The SMILES string of the molecule is CCCCCCCC/C=C\C/C=C/CCC(=O)OC1C(OCC(NC(=O)C(O)CCCC/C=C\CCCCCCCC)C(O)/C=C/CCCCCCCCCCC)OC(CO)C(O)C1O. The van der Waals surface area contributed by atoms with Crippen LogP contribution in [0.2, 0.25) is 0 Å². The molecule has 0 aliphatic carbocycles. The van der Waals surface area contributed by atoms with E-state index in [2.05, 4.69) is 50.4 Å². The van der Waals surface area contributed by atoms with Crippen LogP contribution in [0.25, 0.3) is 0 Å². The summed E-state index contributed by atoms with van der Waals surface area (Å²) in [5.41, 5.74) is 0. The van der Waals surface area contributed by atoms with Gasteiger partial charge >= 0.3 is 5.97 Å². The Hall–Kier alpha value is -2.38. The average molecular weight is 920 g/mol. The van der Waals surface area contributed by atoms with E-state index < -0.39 is 67.4 Å². The minimum absolute atomic E-state index is 0.0158. The Morgan fingerprint density at radius 2 is 1.06 bits per heavy atom. The van der Waals surface area contributed by atoms with E-state index in [0.717, 1.165) is 51.4 Å². The lowest BCUT2D eigenvalue weighted by Gasteiger charge is -2.41. The molecule has 0 bridgehead atoms. The van der Waals surface area contributed by atoms with Crippen LogP contribution < -0.4 is 5.32 Å². The maximum atomic E-state index is 13.3. The predicted octanol–water partition coefficient (Wildman–Crippen LogP) is 10.9. The lowest BCUT2D eigenvalue weighted by Crippen LogP contribution is -2.61. The fourth-order valence-electron chi connectivity index (χ4n) is 7.93. The first-order chi connectivity index (χ1) is 31.7. The summed E-state index contributed by atoms with van der Waals surface area (Å²) in [5.74, 6) is -1.29. The van der Waals surface area contributed by atoms with E-state index in [-0.39, 0.29) is 19.4 Å². The van der Waals surface area contributed by atoms with Gasteiger partial charge in [0.2, 0.25) is 5.91 Å². The molecule has 8 unspecified atom stereocenters. The van der Waals surface area contributed by atoms with Crippen molar-refractivity contribution in [3.8, 4) is 0 Å². The fraction of sp³-hybridized carbons (Fsp3) is 0.815. The number of aliphatic hydroxyl groups is 5. The highest BCUT2D eigenvalue weighted by Crippen LogP contribution is 2.26. The van der Waals surface area contributed by atoms with Gasteiger partial charge in [0.15, 0.2) is 12.4 Å². The van der Waals surface area contributed by atoms with Gasteiger partial charge in [0, 0.05) is 6.42 Å². The van der Waals surface area contributed by atoms with Crippen LogP contribution in [0.1, 0.15) is 220 Å². The van der Waals surface area contributed by atoms with Gasteiger partial charge < -0.3 is 45.1 Å². The van der Waals surface area contributed by atoms with Crippen LogP contribution in [0, 0.1) is 0 Å². The number of aliphatic hydroxyl groups excluding tert-OH is 5. The second-order valence-electron chi connectivity index (χ2n) is 18.2. The summed E-state index contributed by atoms with van der Waals surface area (Å²) < 4.78 is 17.4. The van der Waals surface area contributed by atoms with Gasteiger partial charge in [-0.1, -0.05) is 191 Å². The zero-order valence-corrected chi connectivity index (χ0v) is 41.3. The van der Waals surface area contributed by atoms with Crippen molar-refractivity contribution < 1.29 is 49.3 Å². The molecule has 1 saturated heterocycles. The lowest BCUT2D eigenvalue weighted by atomic mass is 9.99. The number of esters is 1. The molecule has 11 heteroatoms. The smallest absolute Gasteiger partial charge is 0.306 e. The van der Waals surface area contributed by atoms with Gasteiger partial charge in [0.25, 0.3) is 0 Å². The van der Waals surface area contributed by atoms with Crippen molar-refractivity contribution in [2.24, 2.45) is 0 Å². The van der Waals surface area contributed by atoms with Gasteiger partial charge in [-0.2, -0.15) is 0 Å². The largest absolute Gasteiger partial charge is 0.454 e. The quantitative estimate of drug-likeness (QED) is 0.0196. The van der Waals surface area contributed by atoms with Crippen molar-refractivity contribution in [1.29, 1.82) is 0 Å². The van der Waals surface area contributed by atoms with Crippen molar-refractivity contribution in [3.63, 3.8) is 0 Å². The topological polar surface area (TPSA) is 175 Å². The van der Waals surface area contributed by atoms with Crippen LogP contribution in [-0.4, -0.2) is 99.6 Å². The third kappa shape index (κ3) is 32.1. The molecule has 1 aliphatic heterocycles. The first-order valence-corrected chi connectivity index (χ1v) is 26.4. The highest BCUT2D eigenvalue weighted by molar-refractivity contribution is 5.80. The molecule has 1 aliphatic rings. The average Bonchev–Trinajstić information content (AvgIpc) is 3.30. The van der Waals surface area contributed by atoms with Gasteiger partial charge in [-0.15, -0.1) is 0 Å². The third-order valence-electron chi connectivity index (χ3n) is 12.2. The first kappa shape index (κ1) is 60.6. The van der Waals surface area contributed by atoms with Gasteiger partial charge in [0.1, 0.15) is 24.4 Å². The number of rotatable bonds is 43. The molecule has 8 atom stereocenters. The molecule has 1 heterocycles. The number of hydrogen-bond acceptors (Lipinski definition) is 10. The lowest BCUT2D eigenvalue weighted by molar-refractivity contribution is -0.305. The second-order valence-corrected chi connectivity index (χ2v) is 18.2. The number of unbranched alkanes of at least 4 members (excludes halogenated alkanes) is 23. The zero-order valence-electron chi connectivity index (χ0n) is 41.3. The number of ether oxygens (including phenoxy) is 3. The Morgan fingerprint density at radius 1 is 0.600 bits per heavy atom. The monoisotopic (exact) mass is 920 g/mol. The molecule has 0 saturated carbocycles. The van der Waals surface area contributed by atoms with E-state index in [9.17, 15) is 35.1 Å². The maximum absolute atomic E-state index is 13.3. The van der Waals surface area contributed by atoms with Gasteiger partial charge in [-0.05, 0) is 70.6 Å². The number of allylic oxidation sites excluding steroid dienone is 7. The Bertz CT molecular complexity index is 1240. The summed E-state index contributed by atoms with van der Waals surface area (Å²) in [6.07, 6.45) is 39.0.